The zero-order chi connectivity index (χ0) is 21.0. The quantitative estimate of drug-likeness (QED) is 0.633. The number of hydrogen-bond acceptors (Lipinski definition) is 3. The van der Waals surface area contributed by atoms with Gasteiger partial charge in [0.1, 0.15) is 5.82 Å². The fourth-order valence-corrected chi connectivity index (χ4v) is 4.02. The molecule has 0 bridgehead atoms. The average molecular weight is 440 g/mol. The average Bonchev–Trinajstić information content (AvgIpc) is 2.67. The van der Waals surface area contributed by atoms with E-state index < -0.39 is 17.5 Å². The molecule has 1 fully saturated rings. The lowest BCUT2D eigenvalue weighted by Crippen LogP contribution is -2.51. The van der Waals surface area contributed by atoms with Gasteiger partial charge in [-0.25, -0.2) is 4.39 Å². The molecule has 2 aromatic rings. The SMILES string of the molecule is COCCC(=O)N[C@@]1(C)C[C@@H](c2cccc(Cl)c2)O[C@@H](c2ccc(Cl)c(F)c2)C1. The van der Waals surface area contributed by atoms with E-state index in [-0.39, 0.29) is 23.5 Å². The zero-order valence-corrected chi connectivity index (χ0v) is 17.9. The van der Waals surface area contributed by atoms with Crippen LogP contribution in [0.4, 0.5) is 4.39 Å². The van der Waals surface area contributed by atoms with Gasteiger partial charge in [-0.15, -0.1) is 0 Å². The topological polar surface area (TPSA) is 47.6 Å². The summed E-state index contributed by atoms with van der Waals surface area (Å²) in [5.41, 5.74) is 1.04. The molecule has 2 aromatic carbocycles. The molecule has 29 heavy (non-hydrogen) atoms. The Morgan fingerprint density at radius 2 is 1.90 bits per heavy atom. The minimum Gasteiger partial charge on any atom is -0.384 e. The third kappa shape index (κ3) is 5.70. The van der Waals surface area contributed by atoms with Crippen molar-refractivity contribution in [2.24, 2.45) is 0 Å². The predicted molar refractivity (Wildman–Crippen MR) is 112 cm³/mol. The molecule has 1 aliphatic heterocycles. The second-order valence-corrected chi connectivity index (χ2v) is 8.45. The number of carbonyl (C=O) groups is 1. The fourth-order valence-electron chi connectivity index (χ4n) is 3.70. The van der Waals surface area contributed by atoms with Crippen molar-refractivity contribution in [2.75, 3.05) is 13.7 Å². The van der Waals surface area contributed by atoms with Crippen LogP contribution in [-0.2, 0) is 14.3 Å². The Morgan fingerprint density at radius 3 is 2.52 bits per heavy atom. The number of nitrogens with one attached hydrogen (secondary N) is 1. The van der Waals surface area contributed by atoms with Gasteiger partial charge in [0.05, 0.1) is 23.8 Å². The monoisotopic (exact) mass is 439 g/mol. The molecule has 3 atom stereocenters. The van der Waals surface area contributed by atoms with Crippen molar-refractivity contribution in [3.63, 3.8) is 0 Å². The largest absolute Gasteiger partial charge is 0.384 e. The number of methoxy groups -OCH3 is 1. The molecule has 0 unspecified atom stereocenters. The van der Waals surface area contributed by atoms with Crippen LogP contribution in [0.25, 0.3) is 0 Å². The van der Waals surface area contributed by atoms with Crippen molar-refractivity contribution in [1.29, 1.82) is 0 Å². The van der Waals surface area contributed by atoms with E-state index in [0.717, 1.165) is 5.56 Å². The van der Waals surface area contributed by atoms with Crippen LogP contribution < -0.4 is 5.32 Å². The minimum absolute atomic E-state index is 0.0616. The van der Waals surface area contributed by atoms with Crippen molar-refractivity contribution in [1.82, 2.24) is 5.32 Å². The Hall–Kier alpha value is -1.66. The maximum atomic E-state index is 14.1. The smallest absolute Gasteiger partial charge is 0.222 e. The van der Waals surface area contributed by atoms with Crippen molar-refractivity contribution in [3.05, 3.63) is 69.5 Å². The van der Waals surface area contributed by atoms with Gasteiger partial charge in [0.15, 0.2) is 0 Å². The Bertz CT molecular complexity index is 879. The van der Waals surface area contributed by atoms with Gasteiger partial charge in [-0.05, 0) is 42.3 Å². The van der Waals surface area contributed by atoms with E-state index in [9.17, 15) is 9.18 Å². The predicted octanol–water partition coefficient (Wildman–Crippen LogP) is 5.64. The summed E-state index contributed by atoms with van der Waals surface area (Å²) in [5.74, 6) is -0.592. The van der Waals surface area contributed by atoms with Crippen molar-refractivity contribution >= 4 is 29.1 Å². The molecule has 0 aliphatic carbocycles. The first-order chi connectivity index (χ1) is 13.8. The molecule has 1 aliphatic rings. The van der Waals surface area contributed by atoms with Crippen LogP contribution in [0, 0.1) is 5.82 Å². The molecule has 7 heteroatoms. The first-order valence-corrected chi connectivity index (χ1v) is 10.2. The van der Waals surface area contributed by atoms with E-state index in [1.807, 2.05) is 25.1 Å². The molecular formula is C22H24Cl2FNO3. The molecular weight excluding hydrogens is 416 g/mol. The van der Waals surface area contributed by atoms with Gasteiger partial charge in [0.2, 0.25) is 5.91 Å². The van der Waals surface area contributed by atoms with Crippen LogP contribution in [0.2, 0.25) is 10.0 Å². The number of ether oxygens (including phenoxy) is 2. The van der Waals surface area contributed by atoms with Gasteiger partial charge < -0.3 is 14.8 Å². The van der Waals surface area contributed by atoms with Crippen LogP contribution in [0.15, 0.2) is 42.5 Å². The number of amides is 1. The lowest BCUT2D eigenvalue weighted by atomic mass is 9.81. The lowest BCUT2D eigenvalue weighted by Gasteiger charge is -2.43. The summed E-state index contributed by atoms with van der Waals surface area (Å²) >= 11 is 12.0. The normalized spacial score (nSPS) is 24.3. The fraction of sp³-hybridized carbons (Fsp3) is 0.409. The van der Waals surface area contributed by atoms with Crippen molar-refractivity contribution in [3.8, 4) is 0 Å². The van der Waals surface area contributed by atoms with Crippen LogP contribution in [0.5, 0.6) is 0 Å². The summed E-state index contributed by atoms with van der Waals surface area (Å²) in [7, 11) is 1.56. The number of halogens is 3. The first-order valence-electron chi connectivity index (χ1n) is 9.45. The summed E-state index contributed by atoms with van der Waals surface area (Å²) in [6.45, 7) is 2.33. The van der Waals surface area contributed by atoms with Gasteiger partial charge in [0, 0.05) is 36.9 Å². The van der Waals surface area contributed by atoms with Gasteiger partial charge in [-0.2, -0.15) is 0 Å². The maximum Gasteiger partial charge on any atom is 0.222 e. The molecule has 1 N–H and O–H groups in total. The number of benzene rings is 2. The number of rotatable bonds is 6. The molecule has 0 aromatic heterocycles. The summed E-state index contributed by atoms with van der Waals surface area (Å²) < 4.78 is 25.4. The molecule has 156 valence electrons. The Kier molecular flexibility index (Phi) is 7.17. The highest BCUT2D eigenvalue weighted by Crippen LogP contribution is 2.44. The van der Waals surface area contributed by atoms with Crippen LogP contribution >= 0.6 is 23.2 Å². The molecule has 4 nitrogen and oxygen atoms in total. The lowest BCUT2D eigenvalue weighted by molar-refractivity contribution is -0.129. The van der Waals surface area contributed by atoms with Crippen LogP contribution in [0.1, 0.15) is 49.5 Å². The van der Waals surface area contributed by atoms with Crippen LogP contribution in [0.3, 0.4) is 0 Å². The van der Waals surface area contributed by atoms with E-state index in [4.69, 9.17) is 32.7 Å². The second-order valence-electron chi connectivity index (χ2n) is 7.60. The molecule has 0 spiro atoms. The van der Waals surface area contributed by atoms with E-state index in [0.29, 0.717) is 30.0 Å². The summed E-state index contributed by atoms with van der Waals surface area (Å²) in [6, 6.07) is 12.1. The zero-order valence-electron chi connectivity index (χ0n) is 16.4. The Morgan fingerprint density at radius 1 is 1.21 bits per heavy atom. The van der Waals surface area contributed by atoms with E-state index in [1.165, 1.54) is 12.1 Å². The molecule has 1 saturated heterocycles. The van der Waals surface area contributed by atoms with Gasteiger partial charge in [-0.3, -0.25) is 4.79 Å². The van der Waals surface area contributed by atoms with E-state index >= 15 is 0 Å². The van der Waals surface area contributed by atoms with Gasteiger partial charge in [-0.1, -0.05) is 41.4 Å². The van der Waals surface area contributed by atoms with E-state index in [1.54, 1.807) is 19.2 Å². The Labute approximate surface area is 180 Å². The number of carbonyl (C=O) groups excluding carboxylic acids is 1. The highest BCUT2D eigenvalue weighted by Gasteiger charge is 2.40. The Balaban J connectivity index is 1.89. The molecule has 3 rings (SSSR count). The first kappa shape index (κ1) is 22.0. The third-order valence-corrected chi connectivity index (χ3v) is 5.65. The van der Waals surface area contributed by atoms with E-state index in [2.05, 4.69) is 5.32 Å². The molecule has 0 saturated carbocycles. The number of hydrogen-bond donors (Lipinski definition) is 1. The molecule has 1 heterocycles. The molecule has 0 radical (unpaired) electrons. The molecule has 1 amide bonds. The van der Waals surface area contributed by atoms with Gasteiger partial charge in [0.25, 0.3) is 0 Å². The van der Waals surface area contributed by atoms with Gasteiger partial charge >= 0.3 is 0 Å². The highest BCUT2D eigenvalue weighted by atomic mass is 35.5. The summed E-state index contributed by atoms with van der Waals surface area (Å²) in [6.07, 6.45) is 0.628. The second kappa shape index (κ2) is 9.43. The standard InChI is InChI=1S/C22H24Cl2FNO3/c1-22(26-21(27)8-9-28-2)12-19(14-4-3-5-16(23)10-14)29-20(13-22)15-6-7-17(24)18(25)11-15/h3-7,10-11,19-20H,8-9,12-13H2,1-2H3,(H,26,27)/t19-,20+,22-/m0/s1. The minimum atomic E-state index is -0.545. The van der Waals surface area contributed by atoms with Crippen molar-refractivity contribution in [2.45, 2.75) is 43.9 Å². The summed E-state index contributed by atoms with van der Waals surface area (Å²) in [5, 5.41) is 3.79. The van der Waals surface area contributed by atoms with Crippen molar-refractivity contribution < 1.29 is 18.7 Å². The highest BCUT2D eigenvalue weighted by molar-refractivity contribution is 6.31. The summed E-state index contributed by atoms with van der Waals surface area (Å²) in [4.78, 5) is 12.4. The van der Waals surface area contributed by atoms with Crippen LogP contribution in [-0.4, -0.2) is 25.2 Å². The maximum absolute atomic E-state index is 14.1. The third-order valence-electron chi connectivity index (χ3n) is 5.11.